The standard InChI is InChI=1S/C19H21Cl2NO/c1-3-14-4-8-16(9-5-14)13(2)22-19(23)11-7-15-6-10-17(20)18(21)12-15/h4-6,8-10,12-13H,3,7,11H2,1-2H3,(H,22,23). The van der Waals surface area contributed by atoms with Crippen molar-refractivity contribution in [2.75, 3.05) is 0 Å². The number of carbonyl (C=O) groups is 1. The molecule has 0 aromatic heterocycles. The van der Waals surface area contributed by atoms with Crippen molar-refractivity contribution in [3.05, 3.63) is 69.2 Å². The summed E-state index contributed by atoms with van der Waals surface area (Å²) in [5.41, 5.74) is 3.42. The molecule has 0 bridgehead atoms. The van der Waals surface area contributed by atoms with Gasteiger partial charge in [0.25, 0.3) is 0 Å². The van der Waals surface area contributed by atoms with Crippen LogP contribution in [0.4, 0.5) is 0 Å². The third-order valence-corrected chi connectivity index (χ3v) is 4.63. The summed E-state index contributed by atoms with van der Waals surface area (Å²) in [6.07, 6.45) is 2.09. The zero-order valence-electron chi connectivity index (χ0n) is 13.4. The molecule has 0 spiro atoms. The highest BCUT2D eigenvalue weighted by molar-refractivity contribution is 6.42. The van der Waals surface area contributed by atoms with Crippen LogP contribution in [0.5, 0.6) is 0 Å². The summed E-state index contributed by atoms with van der Waals surface area (Å²) in [7, 11) is 0. The summed E-state index contributed by atoms with van der Waals surface area (Å²) in [6.45, 7) is 4.13. The lowest BCUT2D eigenvalue weighted by Crippen LogP contribution is -2.26. The molecule has 2 aromatic rings. The van der Waals surface area contributed by atoms with Crippen molar-refractivity contribution < 1.29 is 4.79 Å². The normalized spacial score (nSPS) is 12.0. The number of hydrogen-bond acceptors (Lipinski definition) is 1. The van der Waals surface area contributed by atoms with E-state index in [2.05, 4.69) is 36.5 Å². The number of hydrogen-bond donors (Lipinski definition) is 1. The van der Waals surface area contributed by atoms with Gasteiger partial charge in [-0.1, -0.05) is 60.5 Å². The fourth-order valence-corrected chi connectivity index (χ4v) is 2.71. The first-order valence-corrected chi connectivity index (χ1v) is 8.57. The maximum absolute atomic E-state index is 12.1. The van der Waals surface area contributed by atoms with E-state index < -0.39 is 0 Å². The first-order chi connectivity index (χ1) is 11.0. The molecule has 0 saturated carbocycles. The van der Waals surface area contributed by atoms with Gasteiger partial charge in [0.15, 0.2) is 0 Å². The summed E-state index contributed by atoms with van der Waals surface area (Å²) in [6, 6.07) is 13.8. The summed E-state index contributed by atoms with van der Waals surface area (Å²) >= 11 is 11.9. The average Bonchev–Trinajstić information content (AvgIpc) is 2.56. The zero-order valence-corrected chi connectivity index (χ0v) is 14.9. The van der Waals surface area contributed by atoms with E-state index in [-0.39, 0.29) is 11.9 Å². The topological polar surface area (TPSA) is 29.1 Å². The Balaban J connectivity index is 1.86. The summed E-state index contributed by atoms with van der Waals surface area (Å²) in [5, 5.41) is 4.09. The van der Waals surface area contributed by atoms with Crippen molar-refractivity contribution in [2.45, 2.75) is 39.2 Å². The highest BCUT2D eigenvalue weighted by Crippen LogP contribution is 2.23. The second kappa shape index (κ2) is 8.37. The fourth-order valence-electron chi connectivity index (χ4n) is 2.39. The minimum atomic E-state index is 0.00205. The number of nitrogens with one attached hydrogen (secondary N) is 1. The quantitative estimate of drug-likeness (QED) is 0.746. The predicted molar refractivity (Wildman–Crippen MR) is 97.2 cm³/mol. The van der Waals surface area contributed by atoms with Gasteiger partial charge in [-0.2, -0.15) is 0 Å². The number of benzene rings is 2. The lowest BCUT2D eigenvalue weighted by molar-refractivity contribution is -0.121. The lowest BCUT2D eigenvalue weighted by atomic mass is 10.0. The van der Waals surface area contributed by atoms with E-state index >= 15 is 0 Å². The Kier molecular flexibility index (Phi) is 6.49. The Bertz CT molecular complexity index is 668. The van der Waals surface area contributed by atoms with Crippen LogP contribution in [0.2, 0.25) is 10.0 Å². The molecule has 0 heterocycles. The highest BCUT2D eigenvalue weighted by Gasteiger charge is 2.10. The molecule has 2 nitrogen and oxygen atoms in total. The summed E-state index contributed by atoms with van der Waals surface area (Å²) in [5.74, 6) is 0.0307. The van der Waals surface area contributed by atoms with E-state index in [9.17, 15) is 4.79 Å². The molecule has 0 radical (unpaired) electrons. The molecule has 2 rings (SSSR count). The second-order valence-electron chi connectivity index (χ2n) is 5.63. The zero-order chi connectivity index (χ0) is 16.8. The molecular weight excluding hydrogens is 329 g/mol. The maximum Gasteiger partial charge on any atom is 0.220 e. The number of aryl methyl sites for hydroxylation is 2. The minimum absolute atomic E-state index is 0.00205. The Morgan fingerprint density at radius 2 is 1.70 bits per heavy atom. The highest BCUT2D eigenvalue weighted by atomic mass is 35.5. The molecule has 1 unspecified atom stereocenters. The third-order valence-electron chi connectivity index (χ3n) is 3.89. The van der Waals surface area contributed by atoms with Gasteiger partial charge in [-0.05, 0) is 48.6 Å². The molecule has 0 fully saturated rings. The Labute approximate surface area is 147 Å². The Morgan fingerprint density at radius 1 is 1.04 bits per heavy atom. The van der Waals surface area contributed by atoms with Gasteiger partial charge in [-0.15, -0.1) is 0 Å². The predicted octanol–water partition coefficient (Wildman–Crippen LogP) is 5.37. The van der Waals surface area contributed by atoms with Crippen LogP contribution < -0.4 is 5.32 Å². The fraction of sp³-hybridized carbons (Fsp3) is 0.316. The van der Waals surface area contributed by atoms with Gasteiger partial charge < -0.3 is 5.32 Å². The molecule has 0 aliphatic heterocycles. The molecule has 0 saturated heterocycles. The van der Waals surface area contributed by atoms with Crippen molar-refractivity contribution in [3.8, 4) is 0 Å². The van der Waals surface area contributed by atoms with Gasteiger partial charge in [0, 0.05) is 6.42 Å². The number of carbonyl (C=O) groups excluding carboxylic acids is 1. The van der Waals surface area contributed by atoms with Crippen molar-refractivity contribution in [1.82, 2.24) is 5.32 Å². The second-order valence-corrected chi connectivity index (χ2v) is 6.45. The molecule has 1 atom stereocenters. The van der Waals surface area contributed by atoms with Crippen LogP contribution in [0, 0.1) is 0 Å². The Morgan fingerprint density at radius 3 is 2.30 bits per heavy atom. The number of amides is 1. The van der Waals surface area contributed by atoms with E-state index in [1.54, 1.807) is 6.07 Å². The minimum Gasteiger partial charge on any atom is -0.350 e. The lowest BCUT2D eigenvalue weighted by Gasteiger charge is -2.15. The summed E-state index contributed by atoms with van der Waals surface area (Å²) in [4.78, 5) is 12.1. The summed E-state index contributed by atoms with van der Waals surface area (Å²) < 4.78 is 0. The molecule has 122 valence electrons. The SMILES string of the molecule is CCc1ccc(C(C)NC(=O)CCc2ccc(Cl)c(Cl)c2)cc1. The molecule has 1 N–H and O–H groups in total. The van der Waals surface area contributed by atoms with Crippen molar-refractivity contribution in [1.29, 1.82) is 0 Å². The van der Waals surface area contributed by atoms with Gasteiger partial charge in [-0.25, -0.2) is 0 Å². The number of rotatable bonds is 6. The molecule has 4 heteroatoms. The molecule has 23 heavy (non-hydrogen) atoms. The van der Waals surface area contributed by atoms with Crippen LogP contribution >= 0.6 is 23.2 Å². The van der Waals surface area contributed by atoms with Crippen LogP contribution in [0.3, 0.4) is 0 Å². The Hall–Kier alpha value is -1.51. The van der Waals surface area contributed by atoms with Crippen LogP contribution in [-0.2, 0) is 17.6 Å². The monoisotopic (exact) mass is 349 g/mol. The number of halogens is 2. The first-order valence-electron chi connectivity index (χ1n) is 7.81. The smallest absolute Gasteiger partial charge is 0.220 e. The van der Waals surface area contributed by atoms with E-state index in [0.717, 1.165) is 17.5 Å². The third kappa shape index (κ3) is 5.26. The van der Waals surface area contributed by atoms with Crippen molar-refractivity contribution in [3.63, 3.8) is 0 Å². The van der Waals surface area contributed by atoms with E-state index in [0.29, 0.717) is 22.9 Å². The van der Waals surface area contributed by atoms with E-state index in [1.807, 2.05) is 19.1 Å². The average molecular weight is 350 g/mol. The van der Waals surface area contributed by atoms with Crippen molar-refractivity contribution >= 4 is 29.1 Å². The van der Waals surface area contributed by atoms with Crippen LogP contribution in [0.15, 0.2) is 42.5 Å². The van der Waals surface area contributed by atoms with Gasteiger partial charge in [0.1, 0.15) is 0 Å². The van der Waals surface area contributed by atoms with Crippen LogP contribution in [0.25, 0.3) is 0 Å². The molecule has 1 amide bonds. The molecule has 2 aromatic carbocycles. The molecular formula is C19H21Cl2NO. The molecule has 0 aliphatic carbocycles. The van der Waals surface area contributed by atoms with Crippen molar-refractivity contribution in [2.24, 2.45) is 0 Å². The van der Waals surface area contributed by atoms with Gasteiger partial charge in [0.2, 0.25) is 5.91 Å². The van der Waals surface area contributed by atoms with Gasteiger partial charge in [0.05, 0.1) is 16.1 Å². The van der Waals surface area contributed by atoms with Crippen LogP contribution in [0.1, 0.15) is 43.0 Å². The molecule has 0 aliphatic rings. The van der Waals surface area contributed by atoms with Gasteiger partial charge in [-0.3, -0.25) is 4.79 Å². The van der Waals surface area contributed by atoms with Crippen LogP contribution in [-0.4, -0.2) is 5.91 Å². The van der Waals surface area contributed by atoms with Gasteiger partial charge >= 0.3 is 0 Å². The van der Waals surface area contributed by atoms with E-state index in [4.69, 9.17) is 23.2 Å². The maximum atomic E-state index is 12.1. The largest absolute Gasteiger partial charge is 0.350 e. The first kappa shape index (κ1) is 17.8. The van der Waals surface area contributed by atoms with E-state index in [1.165, 1.54) is 5.56 Å².